The molecule has 6 nitrogen and oxygen atoms in total. The van der Waals surface area contributed by atoms with Gasteiger partial charge in [0.25, 0.3) is 11.8 Å². The second kappa shape index (κ2) is 9.54. The topological polar surface area (TPSA) is 68.2 Å². The van der Waals surface area contributed by atoms with Gasteiger partial charge in [0, 0.05) is 5.56 Å². The van der Waals surface area contributed by atoms with E-state index < -0.39 is 11.8 Å². The second-order valence-electron chi connectivity index (χ2n) is 6.39. The number of nitrogens with zero attached hydrogens (tertiary/aromatic N) is 2. The van der Waals surface area contributed by atoms with Crippen molar-refractivity contribution in [1.82, 2.24) is 5.01 Å². The van der Waals surface area contributed by atoms with Gasteiger partial charge in [-0.1, -0.05) is 30.9 Å². The lowest BCUT2D eigenvalue weighted by Gasteiger charge is -2.14. The summed E-state index contributed by atoms with van der Waals surface area (Å²) in [6.07, 6.45) is 3.33. The van der Waals surface area contributed by atoms with Crippen molar-refractivity contribution in [3.05, 3.63) is 76.3 Å². The van der Waals surface area contributed by atoms with Crippen molar-refractivity contribution in [2.75, 3.05) is 13.2 Å². The fraction of sp³-hybridized carbons (Fsp3) is 0.174. The van der Waals surface area contributed by atoms with Gasteiger partial charge in [-0.2, -0.15) is 10.1 Å². The molecule has 0 atom stereocenters. The molecule has 0 spiro atoms. The third-order valence-electron chi connectivity index (χ3n) is 4.26. The lowest BCUT2D eigenvalue weighted by atomic mass is 10.1. The number of hydrogen-bond donors (Lipinski definition) is 0. The smallest absolute Gasteiger partial charge is 0.283 e. The van der Waals surface area contributed by atoms with Crippen LogP contribution in [0.25, 0.3) is 6.08 Å². The van der Waals surface area contributed by atoms with Gasteiger partial charge in [0.1, 0.15) is 6.61 Å². The molecule has 1 heterocycles. The number of halogens is 1. The van der Waals surface area contributed by atoms with E-state index in [-0.39, 0.29) is 0 Å². The molecule has 7 heteroatoms. The number of ether oxygens (including phenoxy) is 2. The first-order valence-corrected chi connectivity index (χ1v) is 10.2. The predicted octanol–water partition coefficient (Wildman–Crippen LogP) is 4.85. The zero-order valence-electron chi connectivity index (χ0n) is 16.7. The number of hydrogen-bond acceptors (Lipinski definition) is 5. The summed E-state index contributed by atoms with van der Waals surface area (Å²) in [5, 5.41) is 5.07. The van der Waals surface area contributed by atoms with Crippen molar-refractivity contribution in [3.63, 3.8) is 0 Å². The van der Waals surface area contributed by atoms with Gasteiger partial charge in [0.15, 0.2) is 11.5 Å². The molecule has 0 N–H and O–H groups in total. The van der Waals surface area contributed by atoms with Crippen LogP contribution < -0.4 is 9.47 Å². The Labute approximate surface area is 183 Å². The Hall–Kier alpha value is -3.19. The zero-order valence-corrected chi connectivity index (χ0v) is 18.3. The molecule has 0 saturated heterocycles. The molecule has 30 heavy (non-hydrogen) atoms. The first kappa shape index (κ1) is 21.5. The van der Waals surface area contributed by atoms with E-state index in [0.717, 1.165) is 5.01 Å². The number of carbonyl (C=O) groups is 2. The molecule has 3 rings (SSSR count). The number of carbonyl (C=O) groups excluding carboxylic acids is 2. The summed E-state index contributed by atoms with van der Waals surface area (Å²) in [5.74, 6) is 0.163. The maximum Gasteiger partial charge on any atom is 0.283 e. The highest BCUT2D eigenvalue weighted by atomic mass is 79.9. The summed E-state index contributed by atoms with van der Waals surface area (Å²) < 4.78 is 12.1. The standard InChI is InChI=1S/C23H21BrN2O4/c1-4-11-30-21-19(24)13-16(14-20(21)29-5-2)12-18-15(3)25-26(23(18)28)22(27)17-9-7-6-8-10-17/h4,6-10,12-14H,1,5,11H2,2-3H3/b18-12+. The number of rotatable bonds is 7. The Bertz CT molecular complexity index is 1040. The van der Waals surface area contributed by atoms with Gasteiger partial charge in [-0.15, -0.1) is 0 Å². The minimum atomic E-state index is -0.470. The average Bonchev–Trinajstić information content (AvgIpc) is 3.02. The highest BCUT2D eigenvalue weighted by Gasteiger charge is 2.33. The van der Waals surface area contributed by atoms with Crippen LogP contribution in [0.5, 0.6) is 11.5 Å². The lowest BCUT2D eigenvalue weighted by Crippen LogP contribution is -2.29. The van der Waals surface area contributed by atoms with Gasteiger partial charge in [0.2, 0.25) is 0 Å². The van der Waals surface area contributed by atoms with Gasteiger partial charge in [-0.05, 0) is 65.7 Å². The summed E-state index contributed by atoms with van der Waals surface area (Å²) in [6.45, 7) is 8.01. The fourth-order valence-corrected chi connectivity index (χ4v) is 3.48. The molecular weight excluding hydrogens is 448 g/mol. The maximum absolute atomic E-state index is 12.9. The summed E-state index contributed by atoms with van der Waals surface area (Å²) in [4.78, 5) is 25.5. The average molecular weight is 469 g/mol. The minimum Gasteiger partial charge on any atom is -0.490 e. The van der Waals surface area contributed by atoms with Crippen molar-refractivity contribution in [2.45, 2.75) is 13.8 Å². The van der Waals surface area contributed by atoms with Gasteiger partial charge in [-0.25, -0.2) is 0 Å². The SMILES string of the molecule is C=CCOc1c(Br)cc(/C=C2/C(=O)N(C(=O)c3ccccc3)N=C2C)cc1OCC. The van der Waals surface area contributed by atoms with Gasteiger partial charge in [-0.3, -0.25) is 9.59 Å². The summed E-state index contributed by atoms with van der Waals surface area (Å²) in [7, 11) is 0. The van der Waals surface area contributed by atoms with E-state index in [9.17, 15) is 9.59 Å². The number of amides is 2. The van der Waals surface area contributed by atoms with Crippen molar-refractivity contribution in [3.8, 4) is 11.5 Å². The van der Waals surface area contributed by atoms with Crippen molar-refractivity contribution >= 4 is 39.5 Å². The molecule has 0 aromatic heterocycles. The molecule has 0 fully saturated rings. The van der Waals surface area contributed by atoms with Crippen LogP contribution in [0.3, 0.4) is 0 Å². The van der Waals surface area contributed by atoms with Crippen LogP contribution in [0.1, 0.15) is 29.8 Å². The molecule has 2 amide bonds. The Morgan fingerprint density at radius 3 is 2.63 bits per heavy atom. The zero-order chi connectivity index (χ0) is 21.7. The number of benzene rings is 2. The first-order valence-electron chi connectivity index (χ1n) is 9.37. The third kappa shape index (κ3) is 4.52. The van der Waals surface area contributed by atoms with Crippen LogP contribution in [0.15, 0.2) is 70.3 Å². The monoisotopic (exact) mass is 468 g/mol. The number of imide groups is 1. The summed E-state index contributed by atoms with van der Waals surface area (Å²) in [6, 6.07) is 12.2. The Balaban J connectivity index is 1.93. The molecule has 0 unspecified atom stereocenters. The van der Waals surface area contributed by atoms with Crippen molar-refractivity contribution in [2.24, 2.45) is 5.10 Å². The molecule has 1 aliphatic rings. The molecular formula is C23H21BrN2O4. The highest BCUT2D eigenvalue weighted by molar-refractivity contribution is 9.10. The Morgan fingerprint density at radius 1 is 1.23 bits per heavy atom. The van der Waals surface area contributed by atoms with Gasteiger partial charge < -0.3 is 9.47 Å². The molecule has 154 valence electrons. The van der Waals surface area contributed by atoms with Crippen molar-refractivity contribution < 1.29 is 19.1 Å². The van der Waals surface area contributed by atoms with Crippen LogP contribution in [0, 0.1) is 0 Å². The molecule has 0 aliphatic carbocycles. The Morgan fingerprint density at radius 2 is 1.97 bits per heavy atom. The second-order valence-corrected chi connectivity index (χ2v) is 7.25. The van der Waals surface area contributed by atoms with Gasteiger partial charge >= 0.3 is 0 Å². The van der Waals surface area contributed by atoms with E-state index >= 15 is 0 Å². The molecule has 0 radical (unpaired) electrons. The summed E-state index contributed by atoms with van der Waals surface area (Å²) in [5.41, 5.74) is 1.91. The van der Waals surface area contributed by atoms with E-state index in [1.807, 2.05) is 13.0 Å². The van der Waals surface area contributed by atoms with E-state index in [1.54, 1.807) is 55.5 Å². The van der Waals surface area contributed by atoms with E-state index in [0.29, 0.717) is 51.6 Å². The van der Waals surface area contributed by atoms with Crippen molar-refractivity contribution in [1.29, 1.82) is 0 Å². The van der Waals surface area contributed by atoms with Crippen LogP contribution in [-0.2, 0) is 4.79 Å². The van der Waals surface area contributed by atoms with Crippen LogP contribution >= 0.6 is 15.9 Å². The normalized spacial score (nSPS) is 14.6. The molecule has 2 aromatic rings. The number of hydrazone groups is 1. The minimum absolute atomic E-state index is 0.333. The maximum atomic E-state index is 12.9. The Kier molecular flexibility index (Phi) is 6.84. The van der Waals surface area contributed by atoms with E-state index in [1.165, 1.54) is 0 Å². The third-order valence-corrected chi connectivity index (χ3v) is 4.85. The van der Waals surface area contributed by atoms with Gasteiger partial charge in [0.05, 0.1) is 22.4 Å². The van der Waals surface area contributed by atoms with E-state index in [4.69, 9.17) is 9.47 Å². The quantitative estimate of drug-likeness (QED) is 0.330. The first-order chi connectivity index (χ1) is 14.5. The van der Waals surface area contributed by atoms with E-state index in [2.05, 4.69) is 27.6 Å². The molecule has 0 saturated carbocycles. The van der Waals surface area contributed by atoms with Crippen LogP contribution in [0.4, 0.5) is 0 Å². The van der Waals surface area contributed by atoms with Crippen LogP contribution in [0.2, 0.25) is 0 Å². The van der Waals surface area contributed by atoms with Crippen LogP contribution in [-0.4, -0.2) is 35.7 Å². The highest BCUT2D eigenvalue weighted by Crippen LogP contribution is 2.38. The lowest BCUT2D eigenvalue weighted by molar-refractivity contribution is -0.123. The molecule has 1 aliphatic heterocycles. The summed E-state index contributed by atoms with van der Waals surface area (Å²) >= 11 is 3.50. The molecule has 2 aromatic carbocycles. The predicted molar refractivity (Wildman–Crippen MR) is 120 cm³/mol. The largest absolute Gasteiger partial charge is 0.490 e. The fourth-order valence-electron chi connectivity index (χ4n) is 2.91. The molecule has 0 bridgehead atoms.